The molecule has 0 saturated heterocycles. The van der Waals surface area contributed by atoms with Gasteiger partial charge in [0.1, 0.15) is 12.1 Å². The maximum absolute atomic E-state index is 4.66. The minimum atomic E-state index is 0.0896. The van der Waals surface area contributed by atoms with Crippen LogP contribution in [0.25, 0.3) is 11.0 Å². The molecule has 6 nitrogen and oxygen atoms in total. The van der Waals surface area contributed by atoms with Crippen molar-refractivity contribution in [2.24, 2.45) is 0 Å². The largest absolute Gasteiger partial charge is 0.361 e. The van der Waals surface area contributed by atoms with Gasteiger partial charge >= 0.3 is 0 Å². The van der Waals surface area contributed by atoms with Crippen LogP contribution in [0.15, 0.2) is 17.9 Å². The quantitative estimate of drug-likeness (QED) is 0.771. The molecule has 0 aliphatic heterocycles. The van der Waals surface area contributed by atoms with Gasteiger partial charge in [-0.25, -0.2) is 15.0 Å². The van der Waals surface area contributed by atoms with Crippen LogP contribution in [-0.4, -0.2) is 25.1 Å². The van der Waals surface area contributed by atoms with Crippen LogP contribution in [0.5, 0.6) is 0 Å². The SMILES string of the molecule is CC(C)c1nc([C@@H](C)Nc2ncnc3[nH]ncc23)cs1. The number of thiazole rings is 1. The van der Waals surface area contributed by atoms with Gasteiger partial charge in [-0.2, -0.15) is 5.10 Å². The maximum Gasteiger partial charge on any atom is 0.160 e. The van der Waals surface area contributed by atoms with Crippen LogP contribution in [0.4, 0.5) is 5.82 Å². The lowest BCUT2D eigenvalue weighted by Crippen LogP contribution is -2.09. The first-order valence-electron chi connectivity index (χ1n) is 6.51. The van der Waals surface area contributed by atoms with Crippen LogP contribution < -0.4 is 5.32 Å². The first-order valence-corrected chi connectivity index (χ1v) is 7.39. The fourth-order valence-electron chi connectivity index (χ4n) is 1.92. The van der Waals surface area contributed by atoms with Gasteiger partial charge in [0.25, 0.3) is 0 Å². The second kappa shape index (κ2) is 5.16. The smallest absolute Gasteiger partial charge is 0.160 e. The number of hydrogen-bond acceptors (Lipinski definition) is 6. The highest BCUT2D eigenvalue weighted by molar-refractivity contribution is 7.09. The highest BCUT2D eigenvalue weighted by atomic mass is 32.1. The van der Waals surface area contributed by atoms with Gasteiger partial charge < -0.3 is 5.32 Å². The molecule has 3 aromatic heterocycles. The summed E-state index contributed by atoms with van der Waals surface area (Å²) in [6, 6.07) is 0.0896. The van der Waals surface area contributed by atoms with E-state index >= 15 is 0 Å². The van der Waals surface area contributed by atoms with Crippen molar-refractivity contribution in [1.29, 1.82) is 0 Å². The Morgan fingerprint density at radius 2 is 2.10 bits per heavy atom. The van der Waals surface area contributed by atoms with Crippen LogP contribution in [0.1, 0.15) is 43.4 Å². The van der Waals surface area contributed by atoms with Crippen molar-refractivity contribution in [3.8, 4) is 0 Å². The third-order valence-corrected chi connectivity index (χ3v) is 4.24. The van der Waals surface area contributed by atoms with Crippen molar-refractivity contribution < 1.29 is 0 Å². The lowest BCUT2D eigenvalue weighted by atomic mass is 10.2. The second-order valence-corrected chi connectivity index (χ2v) is 5.88. The second-order valence-electron chi connectivity index (χ2n) is 4.99. The summed E-state index contributed by atoms with van der Waals surface area (Å²) in [4.78, 5) is 13.1. The average molecular weight is 288 g/mol. The van der Waals surface area contributed by atoms with Crippen LogP contribution in [0.2, 0.25) is 0 Å². The zero-order valence-corrected chi connectivity index (χ0v) is 12.4. The van der Waals surface area contributed by atoms with Crippen molar-refractivity contribution in [2.45, 2.75) is 32.7 Å². The zero-order valence-electron chi connectivity index (χ0n) is 11.6. The van der Waals surface area contributed by atoms with Gasteiger partial charge in [0, 0.05) is 11.3 Å². The molecule has 2 N–H and O–H groups in total. The summed E-state index contributed by atoms with van der Waals surface area (Å²) in [7, 11) is 0. The first-order chi connectivity index (χ1) is 9.65. The van der Waals surface area contributed by atoms with Crippen molar-refractivity contribution in [3.63, 3.8) is 0 Å². The van der Waals surface area contributed by atoms with Gasteiger partial charge in [0.05, 0.1) is 28.3 Å². The lowest BCUT2D eigenvalue weighted by Gasteiger charge is -2.12. The molecule has 1 atom stereocenters. The maximum atomic E-state index is 4.66. The fourth-order valence-corrected chi connectivity index (χ4v) is 2.85. The standard InChI is InChI=1S/C13H16N6S/c1-7(2)13-18-10(5-20-13)8(3)17-11-9-4-16-19-12(9)15-6-14-11/h4-8H,1-3H3,(H2,14,15,16,17,19)/t8-/m1/s1. The molecule has 7 heteroatoms. The molecule has 0 unspecified atom stereocenters. The van der Waals surface area contributed by atoms with Crippen LogP contribution in [0, 0.1) is 0 Å². The summed E-state index contributed by atoms with van der Waals surface area (Å²) in [5, 5.41) is 14.3. The van der Waals surface area contributed by atoms with E-state index in [4.69, 9.17) is 0 Å². The Hall–Kier alpha value is -2.02. The molecule has 0 spiro atoms. The Morgan fingerprint density at radius 3 is 2.85 bits per heavy atom. The van der Waals surface area contributed by atoms with E-state index in [0.29, 0.717) is 5.92 Å². The minimum absolute atomic E-state index is 0.0896. The summed E-state index contributed by atoms with van der Waals surface area (Å²) in [5.41, 5.74) is 1.77. The van der Waals surface area contributed by atoms with E-state index in [-0.39, 0.29) is 6.04 Å². The van der Waals surface area contributed by atoms with E-state index in [9.17, 15) is 0 Å². The molecule has 0 aliphatic rings. The van der Waals surface area contributed by atoms with E-state index in [1.165, 1.54) is 6.33 Å². The monoisotopic (exact) mass is 288 g/mol. The van der Waals surface area contributed by atoms with E-state index < -0.39 is 0 Å². The predicted molar refractivity (Wildman–Crippen MR) is 79.9 cm³/mol. The summed E-state index contributed by atoms with van der Waals surface area (Å²) in [6.45, 7) is 6.38. The van der Waals surface area contributed by atoms with E-state index in [1.54, 1.807) is 17.5 Å². The molecule has 0 radical (unpaired) electrons. The van der Waals surface area contributed by atoms with Gasteiger partial charge in [-0.3, -0.25) is 5.10 Å². The highest BCUT2D eigenvalue weighted by Crippen LogP contribution is 2.26. The van der Waals surface area contributed by atoms with Crippen LogP contribution in [0.3, 0.4) is 0 Å². The summed E-state index contributed by atoms with van der Waals surface area (Å²) in [6.07, 6.45) is 3.25. The number of hydrogen-bond donors (Lipinski definition) is 2. The Labute approximate surface area is 120 Å². The van der Waals surface area contributed by atoms with Crippen molar-refractivity contribution in [1.82, 2.24) is 25.1 Å². The van der Waals surface area contributed by atoms with Crippen LogP contribution >= 0.6 is 11.3 Å². The number of nitrogens with zero attached hydrogens (tertiary/aromatic N) is 4. The third kappa shape index (κ3) is 2.36. The molecule has 20 heavy (non-hydrogen) atoms. The number of rotatable bonds is 4. The van der Waals surface area contributed by atoms with Gasteiger partial charge in [-0.05, 0) is 6.92 Å². The van der Waals surface area contributed by atoms with Gasteiger partial charge in [-0.15, -0.1) is 11.3 Å². The normalized spacial score (nSPS) is 13.0. The van der Waals surface area contributed by atoms with Gasteiger partial charge in [0.15, 0.2) is 5.65 Å². The molecule has 0 fully saturated rings. The van der Waals surface area contributed by atoms with E-state index in [2.05, 4.69) is 56.6 Å². The Kier molecular flexibility index (Phi) is 3.35. The van der Waals surface area contributed by atoms with E-state index in [1.807, 2.05) is 0 Å². The Balaban J connectivity index is 1.84. The lowest BCUT2D eigenvalue weighted by molar-refractivity contribution is 0.799. The predicted octanol–water partition coefficient (Wildman–Crippen LogP) is 3.11. The molecule has 0 amide bonds. The fraction of sp³-hybridized carbons (Fsp3) is 0.385. The van der Waals surface area contributed by atoms with Gasteiger partial charge in [0.2, 0.25) is 0 Å². The summed E-state index contributed by atoms with van der Waals surface area (Å²) >= 11 is 1.70. The summed E-state index contributed by atoms with van der Waals surface area (Å²) in [5.74, 6) is 1.23. The molecule has 3 aromatic rings. The zero-order chi connectivity index (χ0) is 14.1. The number of aromatic nitrogens is 5. The molecular formula is C13H16N6S. The third-order valence-electron chi connectivity index (χ3n) is 3.08. The van der Waals surface area contributed by atoms with Gasteiger partial charge in [-0.1, -0.05) is 13.8 Å². The number of aromatic amines is 1. The Morgan fingerprint density at radius 1 is 1.25 bits per heavy atom. The van der Waals surface area contributed by atoms with E-state index in [0.717, 1.165) is 27.6 Å². The number of nitrogens with one attached hydrogen (secondary N) is 2. The molecule has 0 aliphatic carbocycles. The molecule has 0 bridgehead atoms. The number of H-pyrrole nitrogens is 1. The molecule has 0 aromatic carbocycles. The highest BCUT2D eigenvalue weighted by Gasteiger charge is 2.14. The number of fused-ring (bicyclic) bond motifs is 1. The first kappa shape index (κ1) is 13.0. The summed E-state index contributed by atoms with van der Waals surface area (Å²) < 4.78 is 0. The topological polar surface area (TPSA) is 79.4 Å². The van der Waals surface area contributed by atoms with Crippen LogP contribution in [-0.2, 0) is 0 Å². The molecule has 3 rings (SSSR count). The Bertz CT molecular complexity index is 716. The van der Waals surface area contributed by atoms with Crippen molar-refractivity contribution in [2.75, 3.05) is 5.32 Å². The average Bonchev–Trinajstić information content (AvgIpc) is 3.08. The minimum Gasteiger partial charge on any atom is -0.361 e. The van der Waals surface area contributed by atoms with Crippen molar-refractivity contribution >= 4 is 28.2 Å². The molecule has 104 valence electrons. The molecule has 0 saturated carbocycles. The van der Waals surface area contributed by atoms with Crippen molar-refractivity contribution in [3.05, 3.63) is 28.6 Å². The number of anilines is 1. The molecule has 3 heterocycles. The molecular weight excluding hydrogens is 272 g/mol.